The first-order valence-electron chi connectivity index (χ1n) is 8.94. The van der Waals surface area contributed by atoms with Crippen LogP contribution in [0.1, 0.15) is 12.8 Å². The van der Waals surface area contributed by atoms with Crippen molar-refractivity contribution in [3.63, 3.8) is 0 Å². The van der Waals surface area contributed by atoms with Crippen molar-refractivity contribution in [1.29, 1.82) is 0 Å². The molecule has 1 aliphatic rings. The number of carbonyl (C=O) groups excluding carboxylic acids is 1. The van der Waals surface area contributed by atoms with Crippen LogP contribution in [-0.4, -0.2) is 37.6 Å². The molecule has 1 amide bonds. The molecule has 4 rings (SSSR count). The lowest BCUT2D eigenvalue weighted by molar-refractivity contribution is -0.117. The summed E-state index contributed by atoms with van der Waals surface area (Å²) >= 11 is 0. The molecule has 2 aromatic heterocycles. The molecule has 1 saturated carbocycles. The van der Waals surface area contributed by atoms with Crippen LogP contribution in [0.2, 0.25) is 0 Å². The number of carbonyl (C=O) groups is 1. The number of aromatic nitrogens is 2. The average molecular weight is 396 g/mol. The van der Waals surface area contributed by atoms with Gasteiger partial charge in [-0.15, -0.1) is 0 Å². The van der Waals surface area contributed by atoms with E-state index in [-0.39, 0.29) is 16.7 Å². The number of pyridine rings is 2. The number of benzene rings is 1. The fraction of sp³-hybridized carbons (Fsp3) is 0.250. The van der Waals surface area contributed by atoms with E-state index in [9.17, 15) is 13.2 Å². The Morgan fingerprint density at radius 2 is 1.79 bits per heavy atom. The van der Waals surface area contributed by atoms with Gasteiger partial charge in [0.15, 0.2) is 9.84 Å². The maximum Gasteiger partial charge on any atom is 0.228 e. The van der Waals surface area contributed by atoms with Gasteiger partial charge in [-0.1, -0.05) is 12.1 Å². The monoisotopic (exact) mass is 396 g/mol. The SMILES string of the molecule is CNc1ncc(-c2ccc(S(C)(=O)=O)cc2)c2cc(NC(=O)C3CC3)ncc12. The fourth-order valence-electron chi connectivity index (χ4n) is 3.09. The largest absolute Gasteiger partial charge is 0.373 e. The second kappa shape index (κ2) is 6.87. The van der Waals surface area contributed by atoms with Crippen LogP contribution in [0, 0.1) is 5.92 Å². The van der Waals surface area contributed by atoms with Gasteiger partial charge < -0.3 is 10.6 Å². The zero-order valence-corrected chi connectivity index (χ0v) is 16.4. The van der Waals surface area contributed by atoms with Gasteiger partial charge in [-0.25, -0.2) is 18.4 Å². The van der Waals surface area contributed by atoms with Gasteiger partial charge in [0.05, 0.1) is 4.90 Å². The minimum Gasteiger partial charge on any atom is -0.373 e. The lowest BCUT2D eigenvalue weighted by atomic mass is 10.0. The number of rotatable bonds is 5. The standard InChI is InChI=1S/C20H20N4O3S/c1-21-19-17-11-22-18(24-20(25)13-3-4-13)9-15(17)16(10-23-19)12-5-7-14(8-6-12)28(2,26)27/h5-11,13H,3-4H2,1-2H3,(H,21,23)(H,22,24,25). The summed E-state index contributed by atoms with van der Waals surface area (Å²) < 4.78 is 23.4. The molecule has 0 atom stereocenters. The van der Waals surface area contributed by atoms with Crippen LogP contribution in [0.15, 0.2) is 47.6 Å². The van der Waals surface area contributed by atoms with Crippen LogP contribution in [0.3, 0.4) is 0 Å². The molecule has 2 heterocycles. The third kappa shape index (κ3) is 3.55. The number of amides is 1. The lowest BCUT2D eigenvalue weighted by Crippen LogP contribution is -2.14. The Bertz CT molecular complexity index is 1170. The van der Waals surface area contributed by atoms with E-state index in [0.717, 1.165) is 34.7 Å². The second-order valence-electron chi connectivity index (χ2n) is 6.95. The number of sulfone groups is 1. The minimum atomic E-state index is -3.26. The Labute approximate surface area is 163 Å². The molecule has 0 bridgehead atoms. The Morgan fingerprint density at radius 3 is 2.39 bits per heavy atom. The number of hydrogen-bond donors (Lipinski definition) is 2. The normalized spacial score (nSPS) is 14.1. The molecule has 0 spiro atoms. The van der Waals surface area contributed by atoms with Gasteiger partial charge in [0.2, 0.25) is 5.91 Å². The van der Waals surface area contributed by atoms with Gasteiger partial charge in [0.1, 0.15) is 11.6 Å². The molecule has 28 heavy (non-hydrogen) atoms. The van der Waals surface area contributed by atoms with E-state index in [2.05, 4.69) is 20.6 Å². The summed E-state index contributed by atoms with van der Waals surface area (Å²) in [5, 5.41) is 7.60. The third-order valence-electron chi connectivity index (χ3n) is 4.80. The highest BCUT2D eigenvalue weighted by atomic mass is 32.2. The van der Waals surface area contributed by atoms with E-state index in [1.807, 2.05) is 6.07 Å². The first-order chi connectivity index (χ1) is 13.4. The highest BCUT2D eigenvalue weighted by Gasteiger charge is 2.29. The Hall–Kier alpha value is -3.00. The van der Waals surface area contributed by atoms with Gasteiger partial charge in [0.25, 0.3) is 0 Å². The molecule has 3 aromatic rings. The minimum absolute atomic E-state index is 0.00574. The zero-order valence-electron chi connectivity index (χ0n) is 15.6. The first kappa shape index (κ1) is 18.4. The lowest BCUT2D eigenvalue weighted by Gasteiger charge is -2.12. The first-order valence-corrected chi connectivity index (χ1v) is 10.8. The van der Waals surface area contributed by atoms with E-state index in [4.69, 9.17) is 0 Å². The predicted molar refractivity (Wildman–Crippen MR) is 109 cm³/mol. The van der Waals surface area contributed by atoms with Crippen LogP contribution in [0.5, 0.6) is 0 Å². The Kier molecular flexibility index (Phi) is 4.50. The van der Waals surface area contributed by atoms with Crippen molar-refractivity contribution in [3.05, 3.63) is 42.7 Å². The molecule has 144 valence electrons. The summed E-state index contributed by atoms with van der Waals surface area (Å²) in [5.74, 6) is 1.25. The number of anilines is 2. The topological polar surface area (TPSA) is 101 Å². The highest BCUT2D eigenvalue weighted by molar-refractivity contribution is 7.90. The molecule has 0 radical (unpaired) electrons. The summed E-state index contributed by atoms with van der Waals surface area (Å²) in [6, 6.07) is 8.51. The van der Waals surface area contributed by atoms with Crippen molar-refractivity contribution in [3.8, 4) is 11.1 Å². The molecule has 7 nitrogen and oxygen atoms in total. The fourth-order valence-corrected chi connectivity index (χ4v) is 3.72. The van der Waals surface area contributed by atoms with Crippen molar-refractivity contribution < 1.29 is 13.2 Å². The maximum absolute atomic E-state index is 12.1. The van der Waals surface area contributed by atoms with Crippen molar-refractivity contribution >= 4 is 38.2 Å². The zero-order chi connectivity index (χ0) is 19.9. The Balaban J connectivity index is 1.81. The summed E-state index contributed by atoms with van der Waals surface area (Å²) in [5.41, 5.74) is 1.66. The van der Waals surface area contributed by atoms with Crippen LogP contribution in [0.25, 0.3) is 21.9 Å². The molecule has 1 aliphatic carbocycles. The predicted octanol–water partition coefficient (Wildman–Crippen LogP) is 3.09. The summed E-state index contributed by atoms with van der Waals surface area (Å²) in [6.45, 7) is 0. The van der Waals surface area contributed by atoms with Crippen LogP contribution in [-0.2, 0) is 14.6 Å². The molecule has 2 N–H and O–H groups in total. The van der Waals surface area contributed by atoms with Crippen LogP contribution >= 0.6 is 0 Å². The van der Waals surface area contributed by atoms with Crippen LogP contribution < -0.4 is 10.6 Å². The quantitative estimate of drug-likeness (QED) is 0.687. The molecule has 0 aliphatic heterocycles. The molecular weight excluding hydrogens is 376 g/mol. The number of hydrogen-bond acceptors (Lipinski definition) is 6. The van der Waals surface area contributed by atoms with E-state index in [0.29, 0.717) is 11.6 Å². The highest BCUT2D eigenvalue weighted by Crippen LogP contribution is 2.34. The van der Waals surface area contributed by atoms with Crippen molar-refractivity contribution in [2.75, 3.05) is 23.9 Å². The van der Waals surface area contributed by atoms with Crippen LogP contribution in [0.4, 0.5) is 11.6 Å². The molecule has 0 unspecified atom stereocenters. The smallest absolute Gasteiger partial charge is 0.228 e. The number of fused-ring (bicyclic) bond motifs is 1. The summed E-state index contributed by atoms with van der Waals surface area (Å²) in [6.07, 6.45) is 6.44. The van der Waals surface area contributed by atoms with E-state index in [1.165, 1.54) is 6.26 Å². The van der Waals surface area contributed by atoms with Gasteiger partial charge in [0, 0.05) is 42.6 Å². The average Bonchev–Trinajstić information content (AvgIpc) is 3.52. The van der Waals surface area contributed by atoms with Gasteiger partial charge in [-0.3, -0.25) is 4.79 Å². The Morgan fingerprint density at radius 1 is 1.07 bits per heavy atom. The molecular formula is C20H20N4O3S. The molecule has 8 heteroatoms. The van der Waals surface area contributed by atoms with Crippen molar-refractivity contribution in [1.82, 2.24) is 9.97 Å². The summed E-state index contributed by atoms with van der Waals surface area (Å²) in [7, 11) is -1.48. The molecule has 1 aromatic carbocycles. The number of nitrogens with one attached hydrogen (secondary N) is 2. The van der Waals surface area contributed by atoms with Gasteiger partial charge >= 0.3 is 0 Å². The third-order valence-corrected chi connectivity index (χ3v) is 5.93. The van der Waals surface area contributed by atoms with E-state index in [1.54, 1.807) is 43.7 Å². The number of nitrogens with zero attached hydrogens (tertiary/aromatic N) is 2. The van der Waals surface area contributed by atoms with E-state index >= 15 is 0 Å². The van der Waals surface area contributed by atoms with Crippen molar-refractivity contribution in [2.45, 2.75) is 17.7 Å². The molecule has 0 saturated heterocycles. The van der Waals surface area contributed by atoms with Gasteiger partial charge in [-0.05, 0) is 42.0 Å². The second-order valence-corrected chi connectivity index (χ2v) is 8.96. The summed E-state index contributed by atoms with van der Waals surface area (Å²) in [4.78, 5) is 21.2. The van der Waals surface area contributed by atoms with Crippen molar-refractivity contribution in [2.24, 2.45) is 5.92 Å². The molecule has 1 fully saturated rings. The van der Waals surface area contributed by atoms with E-state index < -0.39 is 9.84 Å². The maximum atomic E-state index is 12.1. The van der Waals surface area contributed by atoms with Gasteiger partial charge in [-0.2, -0.15) is 0 Å².